The van der Waals surface area contributed by atoms with E-state index in [2.05, 4.69) is 0 Å². The normalized spacial score (nSPS) is 17.1. The Balaban J connectivity index is 1.92. The minimum Gasteiger partial charge on any atom is -0.497 e. The number of carbonyl (C=O) groups is 1. The third-order valence-electron chi connectivity index (χ3n) is 4.58. The summed E-state index contributed by atoms with van der Waals surface area (Å²) in [6, 6.07) is 11.0. The van der Waals surface area contributed by atoms with Crippen LogP contribution in [-0.4, -0.2) is 45.2 Å². The third kappa shape index (κ3) is 3.90. The molecule has 8 nitrogen and oxygen atoms in total. The number of carboxylic acids is 1. The number of hydrogen-bond donors (Lipinski definition) is 2. The Morgan fingerprint density at radius 1 is 1.29 bits per heavy atom. The van der Waals surface area contributed by atoms with Gasteiger partial charge in [-0.05, 0) is 36.8 Å². The maximum Gasteiger partial charge on any atom is 0.341 e. The molecular formula is C19H21NO7S. The molecule has 0 aromatic heterocycles. The largest absolute Gasteiger partial charge is 0.497 e. The fraction of sp³-hybridized carbons (Fsp3) is 0.316. The molecule has 3 N–H and O–H groups in total. The molecule has 0 saturated heterocycles. The molecule has 1 heterocycles. The van der Waals surface area contributed by atoms with E-state index in [4.69, 9.17) is 25.1 Å². The Morgan fingerprint density at radius 3 is 2.64 bits per heavy atom. The van der Waals surface area contributed by atoms with Crippen LogP contribution in [0.2, 0.25) is 0 Å². The van der Waals surface area contributed by atoms with Crippen LogP contribution in [0.15, 0.2) is 47.4 Å². The molecule has 0 amide bonds. The van der Waals surface area contributed by atoms with Gasteiger partial charge < -0.3 is 25.1 Å². The van der Waals surface area contributed by atoms with Gasteiger partial charge in [0.1, 0.15) is 11.1 Å². The maximum absolute atomic E-state index is 13.0. The number of rotatable bonds is 7. The second-order valence-electron chi connectivity index (χ2n) is 6.29. The van der Waals surface area contributed by atoms with E-state index >= 15 is 0 Å². The molecule has 0 saturated carbocycles. The molecule has 2 unspecified atom stereocenters. The first-order valence-corrected chi connectivity index (χ1v) is 10.1. The zero-order chi connectivity index (χ0) is 20.3. The number of ether oxygens (including phenoxy) is 3. The van der Waals surface area contributed by atoms with Crippen LogP contribution in [-0.2, 0) is 14.6 Å². The van der Waals surface area contributed by atoms with Gasteiger partial charge in [0.05, 0.1) is 18.6 Å². The van der Waals surface area contributed by atoms with Gasteiger partial charge in [0.25, 0.3) is 0 Å². The SMILES string of the molecule is COc1ccc(S(=O)(=O)C(N)C2CCOc3c(OCC(=O)O)cccc32)cc1. The minimum atomic E-state index is -3.81. The van der Waals surface area contributed by atoms with Gasteiger partial charge in [-0.2, -0.15) is 0 Å². The van der Waals surface area contributed by atoms with E-state index in [-0.39, 0.29) is 17.3 Å². The highest BCUT2D eigenvalue weighted by molar-refractivity contribution is 7.92. The van der Waals surface area contributed by atoms with Crippen molar-refractivity contribution in [3.05, 3.63) is 48.0 Å². The van der Waals surface area contributed by atoms with Gasteiger partial charge in [0.2, 0.25) is 0 Å². The average molecular weight is 407 g/mol. The summed E-state index contributed by atoms with van der Waals surface area (Å²) in [5.74, 6) is -0.517. The van der Waals surface area contributed by atoms with Crippen LogP contribution in [0.1, 0.15) is 17.9 Å². The summed E-state index contributed by atoms with van der Waals surface area (Å²) in [7, 11) is -2.31. The number of carboxylic acid groups (broad SMARTS) is 1. The zero-order valence-electron chi connectivity index (χ0n) is 15.2. The van der Waals surface area contributed by atoms with Crippen LogP contribution >= 0.6 is 0 Å². The molecule has 2 atom stereocenters. The highest BCUT2D eigenvalue weighted by atomic mass is 32.2. The number of aliphatic carboxylic acids is 1. The number of methoxy groups -OCH3 is 1. The zero-order valence-corrected chi connectivity index (χ0v) is 16.0. The van der Waals surface area contributed by atoms with Crippen LogP contribution in [0.3, 0.4) is 0 Å². The van der Waals surface area contributed by atoms with Crippen LogP contribution in [0.4, 0.5) is 0 Å². The first kappa shape index (κ1) is 20.0. The van der Waals surface area contributed by atoms with Crippen molar-refractivity contribution in [1.29, 1.82) is 0 Å². The highest BCUT2D eigenvalue weighted by Gasteiger charge is 2.37. The van der Waals surface area contributed by atoms with E-state index in [9.17, 15) is 13.2 Å². The summed E-state index contributed by atoms with van der Waals surface area (Å²) < 4.78 is 42.0. The van der Waals surface area contributed by atoms with Gasteiger partial charge in [-0.25, -0.2) is 13.2 Å². The number of para-hydroxylation sites is 1. The number of fused-ring (bicyclic) bond motifs is 1. The summed E-state index contributed by atoms with van der Waals surface area (Å²) >= 11 is 0. The standard InChI is InChI=1S/C19H21NO7S/c1-25-12-5-7-13(8-6-12)28(23,24)19(20)15-9-10-26-18-14(15)3-2-4-16(18)27-11-17(21)22/h2-8,15,19H,9-11,20H2,1H3,(H,21,22). The number of hydrogen-bond acceptors (Lipinski definition) is 7. The quantitative estimate of drug-likeness (QED) is 0.712. The monoisotopic (exact) mass is 407 g/mol. The summed E-state index contributed by atoms with van der Waals surface area (Å²) in [4.78, 5) is 10.9. The topological polar surface area (TPSA) is 125 Å². The van der Waals surface area contributed by atoms with Crippen molar-refractivity contribution in [3.8, 4) is 17.2 Å². The lowest BCUT2D eigenvalue weighted by atomic mass is 9.92. The molecule has 28 heavy (non-hydrogen) atoms. The van der Waals surface area contributed by atoms with Crippen molar-refractivity contribution >= 4 is 15.8 Å². The van der Waals surface area contributed by atoms with E-state index in [0.717, 1.165) is 0 Å². The first-order chi connectivity index (χ1) is 13.3. The van der Waals surface area contributed by atoms with Crippen LogP contribution in [0, 0.1) is 0 Å². The molecule has 9 heteroatoms. The van der Waals surface area contributed by atoms with Crippen LogP contribution < -0.4 is 19.9 Å². The smallest absolute Gasteiger partial charge is 0.341 e. The predicted molar refractivity (Wildman–Crippen MR) is 101 cm³/mol. The van der Waals surface area contributed by atoms with E-state index < -0.39 is 33.7 Å². The van der Waals surface area contributed by atoms with Crippen molar-refractivity contribution in [1.82, 2.24) is 0 Å². The van der Waals surface area contributed by atoms with Crippen molar-refractivity contribution in [3.63, 3.8) is 0 Å². The molecular weight excluding hydrogens is 386 g/mol. The lowest BCUT2D eigenvalue weighted by Crippen LogP contribution is -2.39. The summed E-state index contributed by atoms with van der Waals surface area (Å²) in [5.41, 5.74) is 6.79. The van der Waals surface area contributed by atoms with Gasteiger partial charge in [-0.1, -0.05) is 12.1 Å². The Bertz CT molecular complexity index is 957. The molecule has 2 aromatic carbocycles. The molecule has 0 fully saturated rings. The van der Waals surface area contributed by atoms with Crippen LogP contribution in [0.5, 0.6) is 17.2 Å². The summed E-state index contributed by atoms with van der Waals surface area (Å²) in [6.45, 7) is -0.280. The van der Waals surface area contributed by atoms with Gasteiger partial charge in [-0.3, -0.25) is 0 Å². The Labute approximate surface area is 162 Å². The molecule has 0 aliphatic carbocycles. The lowest BCUT2D eigenvalue weighted by Gasteiger charge is -2.31. The lowest BCUT2D eigenvalue weighted by molar-refractivity contribution is -0.139. The van der Waals surface area contributed by atoms with E-state index in [1.165, 1.54) is 19.2 Å². The second-order valence-corrected chi connectivity index (χ2v) is 8.39. The maximum atomic E-state index is 13.0. The van der Waals surface area contributed by atoms with Crippen molar-refractivity contribution in [2.45, 2.75) is 22.6 Å². The Hall–Kier alpha value is -2.78. The van der Waals surface area contributed by atoms with Gasteiger partial charge in [0.15, 0.2) is 27.9 Å². The van der Waals surface area contributed by atoms with Crippen molar-refractivity contribution in [2.24, 2.45) is 5.73 Å². The fourth-order valence-electron chi connectivity index (χ4n) is 3.16. The number of benzene rings is 2. The first-order valence-electron chi connectivity index (χ1n) is 8.58. The minimum absolute atomic E-state index is 0.104. The molecule has 1 aliphatic rings. The van der Waals surface area contributed by atoms with E-state index in [0.29, 0.717) is 23.5 Å². The van der Waals surface area contributed by atoms with Crippen molar-refractivity contribution < 1.29 is 32.5 Å². The number of sulfone groups is 1. The molecule has 0 radical (unpaired) electrons. The van der Waals surface area contributed by atoms with E-state index in [1.54, 1.807) is 30.3 Å². The summed E-state index contributed by atoms with van der Waals surface area (Å²) in [5, 5.41) is 7.62. The van der Waals surface area contributed by atoms with E-state index in [1.807, 2.05) is 0 Å². The molecule has 2 aromatic rings. The summed E-state index contributed by atoms with van der Waals surface area (Å²) in [6.07, 6.45) is 0.409. The molecule has 0 spiro atoms. The number of nitrogens with two attached hydrogens (primary N) is 1. The molecule has 1 aliphatic heterocycles. The molecule has 150 valence electrons. The Morgan fingerprint density at radius 2 is 2.00 bits per heavy atom. The van der Waals surface area contributed by atoms with Gasteiger partial charge in [0, 0.05) is 11.5 Å². The predicted octanol–water partition coefficient (Wildman–Crippen LogP) is 1.78. The molecule has 0 bridgehead atoms. The average Bonchev–Trinajstić information content (AvgIpc) is 2.71. The van der Waals surface area contributed by atoms with Gasteiger partial charge in [-0.15, -0.1) is 0 Å². The highest BCUT2D eigenvalue weighted by Crippen LogP contribution is 2.43. The van der Waals surface area contributed by atoms with Crippen LogP contribution in [0.25, 0.3) is 0 Å². The second kappa shape index (κ2) is 8.07. The fourth-order valence-corrected chi connectivity index (χ4v) is 4.70. The van der Waals surface area contributed by atoms with Crippen molar-refractivity contribution in [2.75, 3.05) is 20.3 Å². The van der Waals surface area contributed by atoms with Gasteiger partial charge >= 0.3 is 5.97 Å². The molecule has 3 rings (SSSR count). The Kier molecular flexibility index (Phi) is 5.76. The third-order valence-corrected chi connectivity index (χ3v) is 6.55.